The highest BCUT2D eigenvalue weighted by Gasteiger charge is 2.59. The smallest absolute Gasteiger partial charge is 0.251 e. The summed E-state index contributed by atoms with van der Waals surface area (Å²) in [5.74, 6) is 0.456. The fourth-order valence-electron chi connectivity index (χ4n) is 5.96. The number of rotatable bonds is 4. The molecule has 1 aromatic carbocycles. The summed E-state index contributed by atoms with van der Waals surface area (Å²) < 4.78 is 28.3. The molecule has 1 heterocycles. The maximum absolute atomic E-state index is 13.1. The Balaban J connectivity index is 1.60. The van der Waals surface area contributed by atoms with Gasteiger partial charge in [0, 0.05) is 29.2 Å². The second-order valence-corrected chi connectivity index (χ2v) is 12.7. The van der Waals surface area contributed by atoms with Crippen LogP contribution in [0.2, 0.25) is 0 Å². The van der Waals surface area contributed by atoms with Crippen molar-refractivity contribution in [2.75, 3.05) is 13.1 Å². The van der Waals surface area contributed by atoms with E-state index in [1.54, 1.807) is 16.4 Å². The van der Waals surface area contributed by atoms with Crippen molar-refractivity contribution in [2.24, 2.45) is 16.7 Å². The lowest BCUT2D eigenvalue weighted by Crippen LogP contribution is -2.52. The van der Waals surface area contributed by atoms with E-state index >= 15 is 0 Å². The van der Waals surface area contributed by atoms with Gasteiger partial charge in [-0.15, -0.1) is 0 Å². The van der Waals surface area contributed by atoms with Crippen molar-refractivity contribution in [1.29, 1.82) is 0 Å². The minimum Gasteiger partial charge on any atom is -0.348 e. The van der Waals surface area contributed by atoms with Crippen LogP contribution in [0.1, 0.15) is 69.7 Å². The van der Waals surface area contributed by atoms with Crippen molar-refractivity contribution in [1.82, 2.24) is 9.62 Å². The first-order valence-corrected chi connectivity index (χ1v) is 12.9. The summed E-state index contributed by atoms with van der Waals surface area (Å²) in [7, 11) is -3.61. The first kappa shape index (κ1) is 21.3. The molecule has 160 valence electrons. The number of piperidine rings is 1. The number of halogens is 1. The number of carbonyl (C=O) groups is 1. The summed E-state index contributed by atoms with van der Waals surface area (Å²) in [6.45, 7) is 7.87. The standard InChI is InChI=1S/C22H31BrN2O3S/c1-21(2)16-9-10-22(3,14-16)20(21)24-19(26)15-7-8-17(23)18(13-15)29(27,28)25-11-5-4-6-12-25/h7-8,13,16,20H,4-6,9-12,14H2,1-3H3,(H,24,26)/t16-,20?,22?/m0/s1. The van der Waals surface area contributed by atoms with Crippen LogP contribution in [0.15, 0.2) is 27.6 Å². The third kappa shape index (κ3) is 3.57. The second-order valence-electron chi connectivity index (χ2n) is 9.93. The number of hydrogen-bond acceptors (Lipinski definition) is 3. The van der Waals surface area contributed by atoms with Crippen molar-refractivity contribution in [3.05, 3.63) is 28.2 Å². The Hall–Kier alpha value is -0.920. The highest BCUT2D eigenvalue weighted by molar-refractivity contribution is 9.10. The maximum Gasteiger partial charge on any atom is 0.251 e. The van der Waals surface area contributed by atoms with Gasteiger partial charge in [-0.3, -0.25) is 4.79 Å². The van der Waals surface area contributed by atoms with Crippen LogP contribution in [-0.4, -0.2) is 37.8 Å². The van der Waals surface area contributed by atoms with E-state index in [1.807, 2.05) is 0 Å². The van der Waals surface area contributed by atoms with Crippen LogP contribution in [0.3, 0.4) is 0 Å². The average molecular weight is 483 g/mol. The Morgan fingerprint density at radius 1 is 1.17 bits per heavy atom. The van der Waals surface area contributed by atoms with Gasteiger partial charge in [-0.05, 0) is 83.0 Å². The van der Waals surface area contributed by atoms with Crippen molar-refractivity contribution in [3.8, 4) is 0 Å². The third-order valence-corrected chi connectivity index (χ3v) is 10.6. The SMILES string of the molecule is CC12CC[C@@H](C1)C(C)(C)C2NC(=O)c1ccc(Br)c(S(=O)(=O)N2CCCCC2)c1. The monoisotopic (exact) mass is 482 g/mol. The third-order valence-electron chi connectivity index (χ3n) is 7.67. The van der Waals surface area contributed by atoms with E-state index in [1.165, 1.54) is 12.5 Å². The van der Waals surface area contributed by atoms with E-state index in [2.05, 4.69) is 42.0 Å². The zero-order valence-corrected chi connectivity index (χ0v) is 19.9. The molecule has 1 amide bonds. The molecule has 3 fully saturated rings. The summed E-state index contributed by atoms with van der Waals surface area (Å²) in [4.78, 5) is 13.3. The van der Waals surface area contributed by atoms with Gasteiger partial charge >= 0.3 is 0 Å². The second kappa shape index (κ2) is 7.34. The topological polar surface area (TPSA) is 66.5 Å². The molecule has 1 saturated heterocycles. The largest absolute Gasteiger partial charge is 0.348 e. The molecule has 1 aromatic rings. The van der Waals surface area contributed by atoms with E-state index < -0.39 is 10.0 Å². The van der Waals surface area contributed by atoms with Crippen molar-refractivity contribution < 1.29 is 13.2 Å². The minimum absolute atomic E-state index is 0.0563. The fraction of sp³-hybridized carbons (Fsp3) is 0.682. The fourth-order valence-corrected chi connectivity index (χ4v) is 8.43. The molecule has 3 aliphatic rings. The summed E-state index contributed by atoms with van der Waals surface area (Å²) in [6, 6.07) is 5.02. The lowest BCUT2D eigenvalue weighted by Gasteiger charge is -2.43. The van der Waals surface area contributed by atoms with Gasteiger partial charge < -0.3 is 5.32 Å². The predicted octanol–water partition coefficient (Wildman–Crippen LogP) is 4.57. The highest BCUT2D eigenvalue weighted by Crippen LogP contribution is 2.62. The Labute approximate surface area is 182 Å². The Morgan fingerprint density at radius 2 is 1.86 bits per heavy atom. The van der Waals surface area contributed by atoms with Gasteiger partial charge in [0.1, 0.15) is 0 Å². The molecule has 1 aliphatic heterocycles. The molecule has 2 aliphatic carbocycles. The average Bonchev–Trinajstić information content (AvgIpc) is 3.17. The molecule has 2 saturated carbocycles. The first-order chi connectivity index (χ1) is 13.6. The molecule has 2 unspecified atom stereocenters. The van der Waals surface area contributed by atoms with Crippen LogP contribution in [0, 0.1) is 16.7 Å². The van der Waals surface area contributed by atoms with Gasteiger partial charge in [-0.2, -0.15) is 4.31 Å². The van der Waals surface area contributed by atoms with Crippen LogP contribution >= 0.6 is 15.9 Å². The van der Waals surface area contributed by atoms with Gasteiger partial charge in [-0.25, -0.2) is 8.42 Å². The number of carbonyl (C=O) groups excluding carboxylic acids is 1. The molecule has 1 N–H and O–H groups in total. The normalized spacial score (nSPS) is 31.7. The van der Waals surface area contributed by atoms with E-state index in [0.29, 0.717) is 29.0 Å². The Morgan fingerprint density at radius 3 is 2.48 bits per heavy atom. The van der Waals surface area contributed by atoms with Crippen LogP contribution in [0.25, 0.3) is 0 Å². The van der Waals surface area contributed by atoms with Gasteiger partial charge in [0.15, 0.2) is 0 Å². The molecule has 5 nitrogen and oxygen atoms in total. The Kier molecular flexibility index (Phi) is 5.40. The summed E-state index contributed by atoms with van der Waals surface area (Å²) in [6.07, 6.45) is 6.35. The van der Waals surface area contributed by atoms with E-state index in [4.69, 9.17) is 0 Å². The minimum atomic E-state index is -3.61. The number of sulfonamides is 1. The van der Waals surface area contributed by atoms with Crippen LogP contribution in [0.5, 0.6) is 0 Å². The number of hydrogen-bond donors (Lipinski definition) is 1. The molecular weight excluding hydrogens is 452 g/mol. The van der Waals surface area contributed by atoms with Crippen molar-refractivity contribution >= 4 is 31.9 Å². The van der Waals surface area contributed by atoms with Gasteiger partial charge in [-0.1, -0.05) is 27.2 Å². The lowest BCUT2D eigenvalue weighted by molar-refractivity contribution is 0.0737. The van der Waals surface area contributed by atoms with Crippen LogP contribution in [-0.2, 0) is 10.0 Å². The van der Waals surface area contributed by atoms with Crippen LogP contribution in [0.4, 0.5) is 0 Å². The van der Waals surface area contributed by atoms with Gasteiger partial charge in [0.2, 0.25) is 10.0 Å². The van der Waals surface area contributed by atoms with E-state index in [0.717, 1.165) is 32.1 Å². The molecule has 4 rings (SSSR count). The lowest BCUT2D eigenvalue weighted by atomic mass is 9.68. The molecular formula is C22H31BrN2O3S. The summed E-state index contributed by atoms with van der Waals surface area (Å²) in [5.41, 5.74) is 0.591. The molecule has 0 aromatic heterocycles. The zero-order chi connectivity index (χ0) is 21.0. The molecule has 0 radical (unpaired) electrons. The number of benzene rings is 1. The molecule has 2 bridgehead atoms. The molecule has 7 heteroatoms. The highest BCUT2D eigenvalue weighted by atomic mass is 79.9. The Bertz CT molecular complexity index is 919. The maximum atomic E-state index is 13.1. The first-order valence-electron chi connectivity index (χ1n) is 10.7. The molecule has 0 spiro atoms. The van der Waals surface area contributed by atoms with Crippen molar-refractivity contribution in [3.63, 3.8) is 0 Å². The van der Waals surface area contributed by atoms with Crippen LogP contribution < -0.4 is 5.32 Å². The molecule has 3 atom stereocenters. The van der Waals surface area contributed by atoms with Gasteiger partial charge in [0.05, 0.1) is 4.90 Å². The zero-order valence-electron chi connectivity index (χ0n) is 17.5. The predicted molar refractivity (Wildman–Crippen MR) is 117 cm³/mol. The van der Waals surface area contributed by atoms with Crippen molar-refractivity contribution in [2.45, 2.75) is 70.2 Å². The summed E-state index contributed by atoms with van der Waals surface area (Å²) in [5, 5.41) is 3.27. The molecule has 29 heavy (non-hydrogen) atoms. The van der Waals surface area contributed by atoms with E-state index in [9.17, 15) is 13.2 Å². The number of nitrogens with zero attached hydrogens (tertiary/aromatic N) is 1. The summed E-state index contributed by atoms with van der Waals surface area (Å²) >= 11 is 3.39. The number of fused-ring (bicyclic) bond motifs is 2. The van der Waals surface area contributed by atoms with E-state index in [-0.39, 0.29) is 27.7 Å². The number of nitrogens with one attached hydrogen (secondary N) is 1. The van der Waals surface area contributed by atoms with Gasteiger partial charge in [0.25, 0.3) is 5.91 Å². The number of amides is 1. The quantitative estimate of drug-likeness (QED) is 0.683.